The zero-order valence-electron chi connectivity index (χ0n) is 15.2. The summed E-state index contributed by atoms with van der Waals surface area (Å²) in [6, 6.07) is 2.69. The second kappa shape index (κ2) is 6.89. The number of hydrogen-bond donors (Lipinski definition) is 0. The topological polar surface area (TPSA) is 50.5 Å². The maximum absolute atomic E-state index is 13.5. The molecule has 2 aromatic heterocycles. The van der Waals surface area contributed by atoms with Crippen LogP contribution in [0.15, 0.2) is 12.1 Å². The van der Waals surface area contributed by atoms with E-state index in [2.05, 4.69) is 10.1 Å². The fourth-order valence-electron chi connectivity index (χ4n) is 3.31. The van der Waals surface area contributed by atoms with Crippen LogP contribution in [0.2, 0.25) is 0 Å². The maximum atomic E-state index is 13.5. The quantitative estimate of drug-likeness (QED) is 0.820. The fourth-order valence-corrected chi connectivity index (χ4v) is 3.31. The fraction of sp³-hybridized carbons (Fsp3) is 0.611. The smallest absolute Gasteiger partial charge is 0.342 e. The molecular formula is C18H23F3N4O. The SMILES string of the molecule is CCCC(=O)N1CC[C@H](c2cc3nc(C(C)C)cc(C(F)(F)F)n3n2)C1. The molecule has 3 heterocycles. The van der Waals surface area contributed by atoms with Crippen LogP contribution in [-0.2, 0) is 11.0 Å². The van der Waals surface area contributed by atoms with Crippen LogP contribution in [0.5, 0.6) is 0 Å². The third-order valence-corrected chi connectivity index (χ3v) is 4.77. The van der Waals surface area contributed by atoms with Gasteiger partial charge in [0, 0.05) is 37.2 Å². The Hall–Kier alpha value is -2.12. The number of likely N-dealkylation sites (tertiary alicyclic amines) is 1. The highest BCUT2D eigenvalue weighted by Gasteiger charge is 2.36. The lowest BCUT2D eigenvalue weighted by molar-refractivity contribution is -0.142. The first-order chi connectivity index (χ1) is 12.2. The van der Waals surface area contributed by atoms with Gasteiger partial charge in [-0.05, 0) is 24.8 Å². The van der Waals surface area contributed by atoms with Crippen molar-refractivity contribution in [2.24, 2.45) is 0 Å². The second-order valence-electron chi connectivity index (χ2n) is 7.13. The van der Waals surface area contributed by atoms with E-state index in [0.717, 1.165) is 17.0 Å². The lowest BCUT2D eigenvalue weighted by atomic mass is 10.1. The van der Waals surface area contributed by atoms with E-state index < -0.39 is 11.9 Å². The standard InChI is InChI=1S/C18H23F3N4O/c1-4-5-17(26)24-7-6-12(10-24)14-9-16-22-13(11(2)3)8-15(18(19,20)21)25(16)23-14/h8-9,11-12H,4-7,10H2,1-3H3/t12-/m0/s1. The summed E-state index contributed by atoms with van der Waals surface area (Å²) in [5.74, 6) is -0.0795. The molecule has 8 heteroatoms. The molecule has 3 rings (SSSR count). The number of alkyl halides is 3. The van der Waals surface area contributed by atoms with Crippen LogP contribution in [-0.4, -0.2) is 38.5 Å². The molecule has 1 atom stereocenters. The van der Waals surface area contributed by atoms with Crippen molar-refractivity contribution in [3.8, 4) is 0 Å². The Morgan fingerprint density at radius 2 is 2.08 bits per heavy atom. The molecule has 142 valence electrons. The Labute approximate surface area is 150 Å². The van der Waals surface area contributed by atoms with Gasteiger partial charge in [0.05, 0.1) is 5.69 Å². The van der Waals surface area contributed by atoms with E-state index in [0.29, 0.717) is 37.3 Å². The third-order valence-electron chi connectivity index (χ3n) is 4.77. The predicted octanol–water partition coefficient (Wildman–Crippen LogP) is 3.99. The zero-order chi connectivity index (χ0) is 19.1. The Bertz CT molecular complexity index is 813. The summed E-state index contributed by atoms with van der Waals surface area (Å²) < 4.78 is 41.3. The molecule has 0 bridgehead atoms. The number of carbonyl (C=O) groups excluding carboxylic acids is 1. The van der Waals surface area contributed by atoms with Gasteiger partial charge in [-0.3, -0.25) is 4.79 Å². The molecule has 0 unspecified atom stereocenters. The summed E-state index contributed by atoms with van der Waals surface area (Å²) in [5, 5.41) is 4.20. The van der Waals surface area contributed by atoms with Gasteiger partial charge in [0.2, 0.25) is 5.91 Å². The molecule has 0 saturated carbocycles. The van der Waals surface area contributed by atoms with Crippen molar-refractivity contribution in [3.05, 3.63) is 29.2 Å². The van der Waals surface area contributed by atoms with Crippen molar-refractivity contribution < 1.29 is 18.0 Å². The number of fused-ring (bicyclic) bond motifs is 1. The predicted molar refractivity (Wildman–Crippen MR) is 90.9 cm³/mol. The lowest BCUT2D eigenvalue weighted by Gasteiger charge is -2.15. The van der Waals surface area contributed by atoms with E-state index in [1.807, 2.05) is 20.8 Å². The Morgan fingerprint density at radius 1 is 1.35 bits per heavy atom. The number of amides is 1. The van der Waals surface area contributed by atoms with Crippen molar-refractivity contribution in [3.63, 3.8) is 0 Å². The van der Waals surface area contributed by atoms with Gasteiger partial charge in [0.25, 0.3) is 0 Å². The van der Waals surface area contributed by atoms with Gasteiger partial charge < -0.3 is 4.90 Å². The zero-order valence-corrected chi connectivity index (χ0v) is 15.2. The minimum Gasteiger partial charge on any atom is -0.342 e. The molecule has 5 nitrogen and oxygen atoms in total. The van der Waals surface area contributed by atoms with Gasteiger partial charge in [-0.15, -0.1) is 0 Å². The summed E-state index contributed by atoms with van der Waals surface area (Å²) in [4.78, 5) is 18.2. The molecular weight excluding hydrogens is 345 g/mol. The first-order valence-corrected chi connectivity index (χ1v) is 8.96. The van der Waals surface area contributed by atoms with Crippen LogP contribution in [0.25, 0.3) is 5.65 Å². The number of hydrogen-bond acceptors (Lipinski definition) is 3. The van der Waals surface area contributed by atoms with Gasteiger partial charge in [-0.25, -0.2) is 9.50 Å². The molecule has 0 radical (unpaired) electrons. The highest BCUT2D eigenvalue weighted by atomic mass is 19.4. The van der Waals surface area contributed by atoms with E-state index in [4.69, 9.17) is 0 Å². The first-order valence-electron chi connectivity index (χ1n) is 8.96. The van der Waals surface area contributed by atoms with E-state index in [1.54, 1.807) is 11.0 Å². The highest BCUT2D eigenvalue weighted by Crippen LogP contribution is 2.33. The number of aromatic nitrogens is 3. The van der Waals surface area contributed by atoms with Crippen molar-refractivity contribution >= 4 is 11.6 Å². The number of nitrogens with zero attached hydrogens (tertiary/aromatic N) is 4. The summed E-state index contributed by atoms with van der Waals surface area (Å²) in [6.45, 7) is 6.69. The van der Waals surface area contributed by atoms with E-state index in [-0.39, 0.29) is 23.4 Å². The van der Waals surface area contributed by atoms with Crippen molar-refractivity contribution in [2.75, 3.05) is 13.1 Å². The van der Waals surface area contributed by atoms with E-state index in [9.17, 15) is 18.0 Å². The molecule has 2 aromatic rings. The molecule has 1 aliphatic rings. The number of halogens is 3. The van der Waals surface area contributed by atoms with Gasteiger partial charge in [-0.2, -0.15) is 18.3 Å². The van der Waals surface area contributed by atoms with Gasteiger partial charge in [0.1, 0.15) is 5.69 Å². The molecule has 26 heavy (non-hydrogen) atoms. The van der Waals surface area contributed by atoms with Crippen molar-refractivity contribution in [2.45, 2.75) is 58.0 Å². The average molecular weight is 368 g/mol. The minimum atomic E-state index is -4.51. The summed E-state index contributed by atoms with van der Waals surface area (Å²) in [7, 11) is 0. The van der Waals surface area contributed by atoms with Crippen LogP contribution >= 0.6 is 0 Å². The van der Waals surface area contributed by atoms with Crippen LogP contribution in [0, 0.1) is 0 Å². The maximum Gasteiger partial charge on any atom is 0.433 e. The van der Waals surface area contributed by atoms with Crippen LogP contribution in [0.1, 0.15) is 69.0 Å². The molecule has 0 aliphatic carbocycles. The highest BCUT2D eigenvalue weighted by molar-refractivity contribution is 5.76. The molecule has 1 saturated heterocycles. The van der Waals surface area contributed by atoms with Crippen molar-refractivity contribution in [1.82, 2.24) is 19.5 Å². The number of carbonyl (C=O) groups is 1. The van der Waals surface area contributed by atoms with Crippen LogP contribution in [0.4, 0.5) is 13.2 Å². The lowest BCUT2D eigenvalue weighted by Crippen LogP contribution is -2.28. The van der Waals surface area contributed by atoms with E-state index >= 15 is 0 Å². The molecule has 0 spiro atoms. The van der Waals surface area contributed by atoms with E-state index in [1.165, 1.54) is 0 Å². The molecule has 0 aromatic carbocycles. The van der Waals surface area contributed by atoms with Crippen molar-refractivity contribution in [1.29, 1.82) is 0 Å². The summed E-state index contributed by atoms with van der Waals surface area (Å²) in [6.07, 6.45) is -2.52. The van der Waals surface area contributed by atoms with Crippen LogP contribution in [0.3, 0.4) is 0 Å². The largest absolute Gasteiger partial charge is 0.433 e. The first kappa shape index (κ1) is 18.7. The second-order valence-corrected chi connectivity index (χ2v) is 7.13. The summed E-state index contributed by atoms with van der Waals surface area (Å²) in [5.41, 5.74) is 0.351. The summed E-state index contributed by atoms with van der Waals surface area (Å²) >= 11 is 0. The van der Waals surface area contributed by atoms with Gasteiger partial charge in [0.15, 0.2) is 5.65 Å². The normalized spacial score (nSPS) is 18.3. The molecule has 1 amide bonds. The Kier molecular flexibility index (Phi) is 4.94. The molecule has 1 fully saturated rings. The van der Waals surface area contributed by atoms with Gasteiger partial charge in [-0.1, -0.05) is 20.8 Å². The third kappa shape index (κ3) is 3.54. The molecule has 0 N–H and O–H groups in total. The van der Waals surface area contributed by atoms with Crippen LogP contribution < -0.4 is 0 Å². The average Bonchev–Trinajstić information content (AvgIpc) is 3.19. The number of rotatable bonds is 4. The Morgan fingerprint density at radius 3 is 2.69 bits per heavy atom. The monoisotopic (exact) mass is 368 g/mol. The molecule has 1 aliphatic heterocycles. The minimum absolute atomic E-state index is 0.0545. The Balaban J connectivity index is 1.95. The van der Waals surface area contributed by atoms with Gasteiger partial charge >= 0.3 is 6.18 Å².